The molecule has 0 fully saturated rings. The molecule has 5 heterocycles. The zero-order valence-corrected chi connectivity index (χ0v) is 15.8. The lowest BCUT2D eigenvalue weighted by molar-refractivity contribution is 1.09. The number of fused-ring (bicyclic) bond motifs is 2. The van der Waals surface area contributed by atoms with E-state index >= 15 is 0 Å². The summed E-state index contributed by atoms with van der Waals surface area (Å²) in [5.74, 6) is 0.730. The first-order valence-corrected chi connectivity index (χ1v) is 9.92. The molecule has 138 valence electrons. The normalized spacial score (nSPS) is 11.4. The van der Waals surface area contributed by atoms with E-state index in [1.807, 2.05) is 18.2 Å². The Morgan fingerprint density at radius 1 is 0.931 bits per heavy atom. The van der Waals surface area contributed by atoms with Crippen LogP contribution in [-0.2, 0) is 0 Å². The van der Waals surface area contributed by atoms with Gasteiger partial charge in [0.05, 0.1) is 16.4 Å². The van der Waals surface area contributed by atoms with Crippen molar-refractivity contribution in [3.05, 3.63) is 66.0 Å². The molecule has 7 nitrogen and oxygen atoms in total. The zero-order chi connectivity index (χ0) is 19.2. The van der Waals surface area contributed by atoms with Crippen molar-refractivity contribution < 1.29 is 0 Å². The van der Waals surface area contributed by atoms with E-state index in [9.17, 15) is 0 Å². The predicted octanol–water partition coefficient (Wildman–Crippen LogP) is 4.69. The number of hydrogen-bond acceptors (Lipinski definition) is 6. The molecule has 5 aromatic heterocycles. The molecule has 6 aromatic rings. The Balaban J connectivity index is 1.53. The Morgan fingerprint density at radius 3 is 2.72 bits per heavy atom. The van der Waals surface area contributed by atoms with Gasteiger partial charge < -0.3 is 4.98 Å². The smallest absolute Gasteiger partial charge is 0.181 e. The molecule has 0 aliphatic heterocycles. The van der Waals surface area contributed by atoms with Crippen molar-refractivity contribution in [2.75, 3.05) is 0 Å². The Hall–Kier alpha value is -3.91. The quantitative estimate of drug-likeness (QED) is 0.453. The summed E-state index contributed by atoms with van der Waals surface area (Å²) in [6.45, 7) is 0. The van der Waals surface area contributed by atoms with Crippen LogP contribution in [0.5, 0.6) is 0 Å². The Morgan fingerprint density at radius 2 is 1.86 bits per heavy atom. The number of nitrogens with one attached hydrogen (secondary N) is 2. The van der Waals surface area contributed by atoms with Crippen molar-refractivity contribution in [2.24, 2.45) is 0 Å². The number of aromatic nitrogens is 7. The third kappa shape index (κ3) is 2.61. The molecule has 1 aromatic carbocycles. The topological polar surface area (TPSA) is 96.0 Å². The van der Waals surface area contributed by atoms with E-state index in [1.54, 1.807) is 29.9 Å². The van der Waals surface area contributed by atoms with E-state index in [2.05, 4.69) is 53.0 Å². The first-order valence-electron chi connectivity index (χ1n) is 8.98. The van der Waals surface area contributed by atoms with Gasteiger partial charge in [-0.2, -0.15) is 16.4 Å². The van der Waals surface area contributed by atoms with E-state index in [1.165, 1.54) is 11.9 Å². The monoisotopic (exact) mass is 395 g/mol. The maximum Gasteiger partial charge on any atom is 0.181 e. The third-order valence-electron chi connectivity index (χ3n) is 4.89. The van der Waals surface area contributed by atoms with Crippen LogP contribution in [0.4, 0.5) is 0 Å². The summed E-state index contributed by atoms with van der Waals surface area (Å²) in [6.07, 6.45) is 6.82. The van der Waals surface area contributed by atoms with Gasteiger partial charge in [-0.05, 0) is 34.5 Å². The lowest BCUT2D eigenvalue weighted by Crippen LogP contribution is -1.85. The SMILES string of the molecule is c1cc(-c2ccsc2)c2nc(-c3[nH]nc4ncc(-c5cncnc5)cc34)[nH]c2c1. The highest BCUT2D eigenvalue weighted by Crippen LogP contribution is 2.32. The van der Waals surface area contributed by atoms with Gasteiger partial charge in [0.25, 0.3) is 0 Å². The highest BCUT2D eigenvalue weighted by molar-refractivity contribution is 7.08. The highest BCUT2D eigenvalue weighted by Gasteiger charge is 2.16. The molecular weight excluding hydrogens is 382 g/mol. The Labute approximate surface area is 168 Å². The standard InChI is InChI=1S/C21H13N7S/c1-2-15(12-4-5-29-10-12)18-17(3-1)25-21(26-18)19-16-6-13(9-24-20(16)28-27-19)14-7-22-11-23-8-14/h1-11H,(H,25,26)(H,24,27,28). The number of thiophene rings is 1. The summed E-state index contributed by atoms with van der Waals surface area (Å²) in [5, 5.41) is 12.5. The predicted molar refractivity (Wildman–Crippen MR) is 113 cm³/mol. The van der Waals surface area contributed by atoms with Crippen LogP contribution in [0.25, 0.3) is 55.8 Å². The van der Waals surface area contributed by atoms with Crippen molar-refractivity contribution in [3.8, 4) is 33.8 Å². The van der Waals surface area contributed by atoms with Crippen LogP contribution >= 0.6 is 11.3 Å². The fraction of sp³-hybridized carbons (Fsp3) is 0. The minimum atomic E-state index is 0.638. The van der Waals surface area contributed by atoms with Gasteiger partial charge in [-0.25, -0.2) is 19.9 Å². The molecule has 0 bridgehead atoms. The molecular formula is C21H13N7S. The van der Waals surface area contributed by atoms with E-state index in [0.29, 0.717) is 5.65 Å². The number of para-hydroxylation sites is 1. The van der Waals surface area contributed by atoms with Crippen LogP contribution < -0.4 is 0 Å². The van der Waals surface area contributed by atoms with E-state index in [0.717, 1.165) is 44.6 Å². The fourth-order valence-corrected chi connectivity index (χ4v) is 4.14. The van der Waals surface area contributed by atoms with Gasteiger partial charge in [-0.15, -0.1) is 0 Å². The first kappa shape index (κ1) is 16.1. The van der Waals surface area contributed by atoms with E-state index in [-0.39, 0.29) is 0 Å². The molecule has 6 rings (SSSR count). The van der Waals surface area contributed by atoms with Gasteiger partial charge in [0.2, 0.25) is 0 Å². The van der Waals surface area contributed by atoms with Crippen molar-refractivity contribution in [1.82, 2.24) is 35.1 Å². The summed E-state index contributed by atoms with van der Waals surface area (Å²) in [6, 6.07) is 10.3. The van der Waals surface area contributed by atoms with E-state index in [4.69, 9.17) is 4.98 Å². The minimum Gasteiger partial charge on any atom is -0.337 e. The average molecular weight is 395 g/mol. The van der Waals surface area contributed by atoms with Gasteiger partial charge in [-0.1, -0.05) is 12.1 Å². The van der Waals surface area contributed by atoms with Gasteiger partial charge in [0, 0.05) is 35.3 Å². The lowest BCUT2D eigenvalue weighted by atomic mass is 10.1. The molecule has 8 heteroatoms. The summed E-state index contributed by atoms with van der Waals surface area (Å²) in [7, 11) is 0. The van der Waals surface area contributed by atoms with Gasteiger partial charge in [-0.3, -0.25) is 5.10 Å². The third-order valence-corrected chi connectivity index (χ3v) is 5.57. The zero-order valence-electron chi connectivity index (χ0n) is 15.0. The maximum absolute atomic E-state index is 4.89. The highest BCUT2D eigenvalue weighted by atomic mass is 32.1. The number of nitrogens with zero attached hydrogens (tertiary/aromatic N) is 5. The summed E-state index contributed by atoms with van der Waals surface area (Å²) in [4.78, 5) is 21.0. The summed E-state index contributed by atoms with van der Waals surface area (Å²) in [5.41, 5.74) is 7.46. The first-order chi connectivity index (χ1) is 14.4. The molecule has 0 saturated carbocycles. The molecule has 0 amide bonds. The van der Waals surface area contributed by atoms with Crippen LogP contribution in [0.1, 0.15) is 0 Å². The number of benzene rings is 1. The molecule has 0 aliphatic carbocycles. The largest absolute Gasteiger partial charge is 0.337 e. The lowest BCUT2D eigenvalue weighted by Gasteiger charge is -2.00. The van der Waals surface area contributed by atoms with Crippen molar-refractivity contribution >= 4 is 33.4 Å². The average Bonchev–Trinajstić information content (AvgIpc) is 3.52. The number of aromatic amines is 2. The van der Waals surface area contributed by atoms with Crippen LogP contribution in [-0.4, -0.2) is 35.1 Å². The number of hydrogen-bond donors (Lipinski definition) is 2. The van der Waals surface area contributed by atoms with Crippen molar-refractivity contribution in [1.29, 1.82) is 0 Å². The number of imidazole rings is 1. The molecule has 2 N–H and O–H groups in total. The second-order valence-electron chi connectivity index (χ2n) is 6.62. The van der Waals surface area contributed by atoms with Gasteiger partial charge in [0.15, 0.2) is 11.5 Å². The van der Waals surface area contributed by atoms with Gasteiger partial charge in [0.1, 0.15) is 12.0 Å². The Kier molecular flexibility index (Phi) is 3.50. The fourth-order valence-electron chi connectivity index (χ4n) is 3.49. The number of rotatable bonds is 3. The molecule has 0 aliphatic rings. The van der Waals surface area contributed by atoms with Crippen LogP contribution in [0.3, 0.4) is 0 Å². The van der Waals surface area contributed by atoms with Crippen molar-refractivity contribution in [3.63, 3.8) is 0 Å². The molecule has 29 heavy (non-hydrogen) atoms. The molecule has 0 radical (unpaired) electrons. The number of H-pyrrole nitrogens is 2. The van der Waals surface area contributed by atoms with Crippen LogP contribution in [0.15, 0.2) is 66.0 Å². The number of pyridine rings is 1. The second kappa shape index (κ2) is 6.32. The van der Waals surface area contributed by atoms with E-state index < -0.39 is 0 Å². The summed E-state index contributed by atoms with van der Waals surface area (Å²) < 4.78 is 0. The second-order valence-corrected chi connectivity index (χ2v) is 7.40. The summed E-state index contributed by atoms with van der Waals surface area (Å²) >= 11 is 1.68. The van der Waals surface area contributed by atoms with Crippen molar-refractivity contribution in [2.45, 2.75) is 0 Å². The molecule has 0 spiro atoms. The Bertz CT molecular complexity index is 1450. The molecule has 0 saturated heterocycles. The van der Waals surface area contributed by atoms with Crippen LogP contribution in [0.2, 0.25) is 0 Å². The maximum atomic E-state index is 4.89. The van der Waals surface area contributed by atoms with Gasteiger partial charge >= 0.3 is 0 Å². The molecule has 0 atom stereocenters. The van der Waals surface area contributed by atoms with Crippen LogP contribution in [0, 0.1) is 0 Å². The minimum absolute atomic E-state index is 0.638. The molecule has 0 unspecified atom stereocenters.